The SMILES string of the molecule is CCC(C)(ONc1ccc(CC2=CCC(NC)CC2)cc1)C(C)C. The molecule has 2 unspecified atom stereocenters. The molecule has 0 aliphatic heterocycles. The first kappa shape index (κ1) is 19.0. The summed E-state index contributed by atoms with van der Waals surface area (Å²) in [6.45, 7) is 8.73. The van der Waals surface area contributed by atoms with Gasteiger partial charge < -0.3 is 5.32 Å². The zero-order valence-electron chi connectivity index (χ0n) is 16.0. The topological polar surface area (TPSA) is 33.3 Å². The molecule has 0 saturated carbocycles. The first-order chi connectivity index (χ1) is 11.5. The summed E-state index contributed by atoms with van der Waals surface area (Å²) in [6, 6.07) is 9.30. The molecule has 1 aromatic rings. The Morgan fingerprint density at radius 1 is 1.25 bits per heavy atom. The molecule has 134 valence electrons. The first-order valence-electron chi connectivity index (χ1n) is 9.35. The van der Waals surface area contributed by atoms with E-state index in [-0.39, 0.29) is 5.60 Å². The number of nitrogens with one attached hydrogen (secondary N) is 2. The maximum absolute atomic E-state index is 5.97. The lowest BCUT2D eigenvalue weighted by Gasteiger charge is -2.32. The Hall–Kier alpha value is -1.32. The molecule has 0 bridgehead atoms. The molecule has 0 saturated heterocycles. The van der Waals surface area contributed by atoms with Crippen molar-refractivity contribution in [2.75, 3.05) is 12.5 Å². The summed E-state index contributed by atoms with van der Waals surface area (Å²) < 4.78 is 0. The van der Waals surface area contributed by atoms with Crippen molar-refractivity contribution in [1.29, 1.82) is 0 Å². The number of benzene rings is 1. The van der Waals surface area contributed by atoms with E-state index in [1.54, 1.807) is 5.57 Å². The first-order valence-corrected chi connectivity index (χ1v) is 9.35. The second kappa shape index (κ2) is 8.68. The van der Waals surface area contributed by atoms with Crippen molar-refractivity contribution in [2.24, 2.45) is 5.92 Å². The minimum atomic E-state index is -0.143. The van der Waals surface area contributed by atoms with E-state index in [0.717, 1.165) is 24.9 Å². The van der Waals surface area contributed by atoms with E-state index < -0.39 is 0 Å². The highest BCUT2D eigenvalue weighted by atomic mass is 16.7. The Morgan fingerprint density at radius 3 is 2.46 bits per heavy atom. The van der Waals surface area contributed by atoms with Crippen LogP contribution in [0, 0.1) is 5.92 Å². The molecule has 24 heavy (non-hydrogen) atoms. The highest BCUT2D eigenvalue weighted by molar-refractivity contribution is 5.43. The lowest BCUT2D eigenvalue weighted by Crippen LogP contribution is -2.36. The predicted octanol–water partition coefficient (Wildman–Crippen LogP) is 5.10. The van der Waals surface area contributed by atoms with Gasteiger partial charge in [0.25, 0.3) is 0 Å². The van der Waals surface area contributed by atoms with Crippen LogP contribution in [0.15, 0.2) is 35.9 Å². The van der Waals surface area contributed by atoms with Gasteiger partial charge in [0, 0.05) is 6.04 Å². The van der Waals surface area contributed by atoms with Gasteiger partial charge in [-0.15, -0.1) is 0 Å². The number of hydrogen-bond acceptors (Lipinski definition) is 3. The van der Waals surface area contributed by atoms with Gasteiger partial charge in [0.1, 0.15) is 0 Å². The maximum atomic E-state index is 5.97. The molecule has 0 aromatic heterocycles. The van der Waals surface area contributed by atoms with Crippen LogP contribution in [-0.4, -0.2) is 18.7 Å². The lowest BCUT2D eigenvalue weighted by atomic mass is 9.90. The molecule has 2 N–H and O–H groups in total. The molecule has 0 spiro atoms. The molecule has 2 rings (SSSR count). The van der Waals surface area contributed by atoms with Crippen molar-refractivity contribution in [2.45, 2.75) is 71.4 Å². The van der Waals surface area contributed by atoms with Crippen molar-refractivity contribution in [3.63, 3.8) is 0 Å². The molecular formula is C21H34N2O. The van der Waals surface area contributed by atoms with Crippen LogP contribution in [0.4, 0.5) is 5.69 Å². The summed E-state index contributed by atoms with van der Waals surface area (Å²) in [6.07, 6.45) is 8.08. The monoisotopic (exact) mass is 330 g/mol. The fourth-order valence-electron chi connectivity index (χ4n) is 3.04. The van der Waals surface area contributed by atoms with Crippen LogP contribution in [0.3, 0.4) is 0 Å². The van der Waals surface area contributed by atoms with Crippen molar-refractivity contribution in [3.8, 4) is 0 Å². The van der Waals surface area contributed by atoms with Crippen molar-refractivity contribution < 1.29 is 4.84 Å². The summed E-state index contributed by atoms with van der Waals surface area (Å²) in [4.78, 5) is 5.97. The molecule has 1 aromatic carbocycles. The highest BCUT2D eigenvalue weighted by Crippen LogP contribution is 2.26. The summed E-state index contributed by atoms with van der Waals surface area (Å²) in [5.74, 6) is 0.467. The van der Waals surface area contributed by atoms with Crippen LogP contribution in [0.1, 0.15) is 58.9 Å². The van der Waals surface area contributed by atoms with Crippen molar-refractivity contribution in [3.05, 3.63) is 41.5 Å². The fourth-order valence-corrected chi connectivity index (χ4v) is 3.04. The third-order valence-electron chi connectivity index (χ3n) is 5.62. The molecule has 0 radical (unpaired) electrons. The van der Waals surface area contributed by atoms with Crippen LogP contribution in [-0.2, 0) is 11.3 Å². The van der Waals surface area contributed by atoms with Gasteiger partial charge in [-0.1, -0.05) is 44.6 Å². The third kappa shape index (κ3) is 5.09. The van der Waals surface area contributed by atoms with Gasteiger partial charge in [-0.05, 0) is 69.7 Å². The van der Waals surface area contributed by atoms with E-state index >= 15 is 0 Å². The van der Waals surface area contributed by atoms with Crippen LogP contribution < -0.4 is 10.8 Å². The van der Waals surface area contributed by atoms with Crippen molar-refractivity contribution >= 4 is 5.69 Å². The standard InChI is InChI=1S/C21H34N2O/c1-6-21(4,16(2)3)24-23-20-13-9-18(10-14-20)15-17-7-11-19(22-5)12-8-17/h7,9-10,13-14,16,19,22-23H,6,8,11-12,15H2,1-5H3. The number of hydrogen-bond donors (Lipinski definition) is 2. The van der Waals surface area contributed by atoms with Crippen LogP contribution in [0.25, 0.3) is 0 Å². The van der Waals surface area contributed by atoms with Crippen LogP contribution in [0.5, 0.6) is 0 Å². The average molecular weight is 331 g/mol. The Morgan fingerprint density at radius 2 is 1.96 bits per heavy atom. The van der Waals surface area contributed by atoms with Gasteiger partial charge in [-0.3, -0.25) is 10.3 Å². The maximum Gasteiger partial charge on any atom is 0.0952 e. The Balaban J connectivity index is 1.88. The lowest BCUT2D eigenvalue weighted by molar-refractivity contribution is -0.0361. The average Bonchev–Trinajstić information content (AvgIpc) is 2.61. The second-order valence-corrected chi connectivity index (χ2v) is 7.52. The van der Waals surface area contributed by atoms with Gasteiger partial charge in [0.15, 0.2) is 0 Å². The van der Waals surface area contributed by atoms with Gasteiger partial charge >= 0.3 is 0 Å². The van der Waals surface area contributed by atoms with Crippen LogP contribution in [0.2, 0.25) is 0 Å². The van der Waals surface area contributed by atoms with Crippen LogP contribution >= 0.6 is 0 Å². The molecule has 3 heteroatoms. The largest absolute Gasteiger partial charge is 0.317 e. The van der Waals surface area contributed by atoms with E-state index in [1.165, 1.54) is 18.4 Å². The van der Waals surface area contributed by atoms with E-state index in [0.29, 0.717) is 12.0 Å². The summed E-state index contributed by atoms with van der Waals surface area (Å²) in [5.41, 5.74) is 6.95. The van der Waals surface area contributed by atoms with E-state index in [9.17, 15) is 0 Å². The summed E-state index contributed by atoms with van der Waals surface area (Å²) in [5, 5.41) is 3.37. The number of anilines is 1. The van der Waals surface area contributed by atoms with Gasteiger partial charge in [-0.25, -0.2) is 0 Å². The fraction of sp³-hybridized carbons (Fsp3) is 0.619. The minimum absolute atomic E-state index is 0.143. The number of allylic oxidation sites excluding steroid dienone is 1. The summed E-state index contributed by atoms with van der Waals surface area (Å²) >= 11 is 0. The van der Waals surface area contributed by atoms with Gasteiger partial charge in [-0.2, -0.15) is 0 Å². The molecule has 3 nitrogen and oxygen atoms in total. The molecule has 0 heterocycles. The molecule has 0 fully saturated rings. The summed E-state index contributed by atoms with van der Waals surface area (Å²) in [7, 11) is 2.06. The van der Waals surface area contributed by atoms with Gasteiger partial charge in [0.05, 0.1) is 11.3 Å². The normalized spacial score (nSPS) is 20.6. The zero-order valence-corrected chi connectivity index (χ0v) is 16.0. The predicted molar refractivity (Wildman–Crippen MR) is 103 cm³/mol. The molecular weight excluding hydrogens is 296 g/mol. The molecule has 0 amide bonds. The smallest absolute Gasteiger partial charge is 0.0952 e. The van der Waals surface area contributed by atoms with Gasteiger partial charge in [0.2, 0.25) is 0 Å². The van der Waals surface area contributed by atoms with E-state index in [1.807, 2.05) is 0 Å². The Bertz CT molecular complexity index is 535. The third-order valence-corrected chi connectivity index (χ3v) is 5.62. The highest BCUT2D eigenvalue weighted by Gasteiger charge is 2.27. The second-order valence-electron chi connectivity index (χ2n) is 7.52. The number of rotatable bonds is 8. The van der Waals surface area contributed by atoms with E-state index in [4.69, 9.17) is 4.84 Å². The Kier molecular flexibility index (Phi) is 6.88. The van der Waals surface area contributed by atoms with E-state index in [2.05, 4.69) is 75.9 Å². The Labute approximate surface area is 147 Å². The minimum Gasteiger partial charge on any atom is -0.317 e. The molecule has 1 aliphatic carbocycles. The molecule has 1 aliphatic rings. The quantitative estimate of drug-likeness (QED) is 0.514. The zero-order chi connectivity index (χ0) is 17.6. The molecule has 2 atom stereocenters. The van der Waals surface area contributed by atoms with Crippen molar-refractivity contribution in [1.82, 2.24) is 5.32 Å².